The van der Waals surface area contributed by atoms with E-state index < -0.39 is 79.1 Å². The maximum absolute atomic E-state index is 13.4. The molecule has 9 atom stereocenters. The molecule has 3 aliphatic rings. The molecule has 212 valence electrons. The fourth-order valence-corrected chi connectivity index (χ4v) is 5.51. The molecule has 38 heavy (non-hydrogen) atoms. The van der Waals surface area contributed by atoms with Crippen molar-refractivity contribution in [2.45, 2.75) is 76.2 Å². The van der Waals surface area contributed by atoms with Crippen LogP contribution in [0.15, 0.2) is 23.8 Å². The minimum atomic E-state index is -1.83. The molecule has 0 aromatic rings. The van der Waals surface area contributed by atoms with Gasteiger partial charge in [-0.2, -0.15) is 0 Å². The standard InChI is InChI=1S/C26H35ClO11/c1-5-12(3)15(29)10-35-25(34)18-16-7-8-26(11-27,38-16)22(31)21-17(13(4)23(32)37-21)20(19(18)30)36-24(33)14(6-2)9-28/h6,12,16-22,28,30-31H,4-5,7-11H2,1-3H3. The van der Waals surface area contributed by atoms with Crippen molar-refractivity contribution in [3.8, 4) is 0 Å². The number of alkyl halides is 1. The number of hydrogen-bond acceptors (Lipinski definition) is 11. The Morgan fingerprint density at radius 2 is 2.00 bits per heavy atom. The number of Topliss-reactive ketones (excluding diaryl/α,β-unsaturated/α-hetero) is 1. The van der Waals surface area contributed by atoms with Gasteiger partial charge in [0.1, 0.15) is 42.5 Å². The van der Waals surface area contributed by atoms with E-state index in [0.717, 1.165) is 0 Å². The van der Waals surface area contributed by atoms with Crippen LogP contribution in [0.2, 0.25) is 0 Å². The van der Waals surface area contributed by atoms with Crippen molar-refractivity contribution in [3.63, 3.8) is 0 Å². The van der Waals surface area contributed by atoms with Crippen molar-refractivity contribution >= 4 is 35.3 Å². The summed E-state index contributed by atoms with van der Waals surface area (Å²) in [4.78, 5) is 51.1. The zero-order chi connectivity index (χ0) is 28.4. The summed E-state index contributed by atoms with van der Waals surface area (Å²) in [6.45, 7) is 7.51. The number of esters is 3. The Morgan fingerprint density at radius 3 is 2.58 bits per heavy atom. The highest BCUT2D eigenvalue weighted by Crippen LogP contribution is 2.47. The molecule has 3 fully saturated rings. The molecule has 3 heterocycles. The molecule has 3 rings (SSSR count). The predicted octanol–water partition coefficient (Wildman–Crippen LogP) is 0.601. The first-order valence-electron chi connectivity index (χ1n) is 12.6. The van der Waals surface area contributed by atoms with Gasteiger partial charge in [-0.25, -0.2) is 9.59 Å². The zero-order valence-electron chi connectivity index (χ0n) is 21.6. The molecule has 2 bridgehead atoms. The third kappa shape index (κ3) is 5.53. The number of halogens is 1. The Hall–Kier alpha value is -2.31. The van der Waals surface area contributed by atoms with Crippen molar-refractivity contribution in [2.75, 3.05) is 19.1 Å². The van der Waals surface area contributed by atoms with Crippen LogP contribution in [0.5, 0.6) is 0 Å². The molecule has 0 spiro atoms. The summed E-state index contributed by atoms with van der Waals surface area (Å²) in [7, 11) is 0. The number of allylic oxidation sites excluding steroid dienone is 1. The minimum absolute atomic E-state index is 0.140. The molecular weight excluding hydrogens is 524 g/mol. The van der Waals surface area contributed by atoms with Gasteiger partial charge in [0.05, 0.1) is 30.1 Å². The fraction of sp³-hybridized carbons (Fsp3) is 0.692. The van der Waals surface area contributed by atoms with E-state index in [1.54, 1.807) is 6.92 Å². The van der Waals surface area contributed by atoms with E-state index in [1.807, 2.05) is 6.92 Å². The average Bonchev–Trinajstić information content (AvgIpc) is 3.47. The Balaban J connectivity index is 2.07. The van der Waals surface area contributed by atoms with Gasteiger partial charge in [0.25, 0.3) is 0 Å². The van der Waals surface area contributed by atoms with Crippen LogP contribution in [0, 0.1) is 17.8 Å². The van der Waals surface area contributed by atoms with Crippen molar-refractivity contribution in [3.05, 3.63) is 23.8 Å². The number of rotatable bonds is 9. The lowest BCUT2D eigenvalue weighted by molar-refractivity contribution is -0.179. The number of aliphatic hydroxyl groups is 3. The van der Waals surface area contributed by atoms with Crippen LogP contribution in [0.25, 0.3) is 0 Å². The normalized spacial score (nSPS) is 35.9. The van der Waals surface area contributed by atoms with Crippen LogP contribution < -0.4 is 0 Å². The van der Waals surface area contributed by atoms with Crippen LogP contribution in [0.3, 0.4) is 0 Å². The van der Waals surface area contributed by atoms with E-state index in [2.05, 4.69) is 6.58 Å². The largest absolute Gasteiger partial charge is 0.457 e. The third-order valence-corrected chi connectivity index (χ3v) is 8.30. The number of carbonyl (C=O) groups excluding carboxylic acids is 4. The summed E-state index contributed by atoms with van der Waals surface area (Å²) in [5.74, 6) is -6.57. The quantitative estimate of drug-likeness (QED) is 0.157. The number of ketones is 1. The van der Waals surface area contributed by atoms with Gasteiger partial charge in [-0.15, -0.1) is 11.6 Å². The molecule has 9 unspecified atom stereocenters. The summed E-state index contributed by atoms with van der Waals surface area (Å²) in [5, 5.41) is 32.5. The maximum Gasteiger partial charge on any atom is 0.336 e. The van der Waals surface area contributed by atoms with E-state index in [4.69, 9.17) is 30.5 Å². The van der Waals surface area contributed by atoms with Gasteiger partial charge in [-0.05, 0) is 26.2 Å². The first kappa shape index (κ1) is 30.2. The summed E-state index contributed by atoms with van der Waals surface area (Å²) in [6.07, 6.45) is -5.23. The molecule has 11 nitrogen and oxygen atoms in total. The van der Waals surface area contributed by atoms with Crippen LogP contribution in [-0.4, -0.2) is 94.2 Å². The van der Waals surface area contributed by atoms with Crippen molar-refractivity contribution in [1.29, 1.82) is 0 Å². The molecule has 0 radical (unpaired) electrons. The van der Waals surface area contributed by atoms with Crippen LogP contribution in [-0.2, 0) is 38.1 Å². The van der Waals surface area contributed by atoms with E-state index >= 15 is 0 Å². The van der Waals surface area contributed by atoms with Gasteiger partial charge in [0.2, 0.25) is 0 Å². The van der Waals surface area contributed by atoms with Gasteiger partial charge >= 0.3 is 17.9 Å². The second-order valence-corrected chi connectivity index (χ2v) is 10.3. The summed E-state index contributed by atoms with van der Waals surface area (Å²) >= 11 is 6.23. The van der Waals surface area contributed by atoms with Crippen LogP contribution in [0.4, 0.5) is 0 Å². The Bertz CT molecular complexity index is 994. The molecule has 3 N–H and O–H groups in total. The first-order valence-corrected chi connectivity index (χ1v) is 13.2. The summed E-state index contributed by atoms with van der Waals surface area (Å²) in [5.41, 5.74) is -1.79. The average molecular weight is 559 g/mol. The zero-order valence-corrected chi connectivity index (χ0v) is 22.4. The van der Waals surface area contributed by atoms with E-state index in [9.17, 15) is 34.5 Å². The topological polar surface area (TPSA) is 166 Å². The Morgan fingerprint density at radius 1 is 1.32 bits per heavy atom. The molecular formula is C26H35ClO11. The van der Waals surface area contributed by atoms with Crippen LogP contribution >= 0.6 is 11.6 Å². The predicted molar refractivity (Wildman–Crippen MR) is 132 cm³/mol. The number of fused-ring (bicyclic) bond motifs is 3. The smallest absolute Gasteiger partial charge is 0.336 e. The van der Waals surface area contributed by atoms with Gasteiger partial charge < -0.3 is 34.3 Å². The highest BCUT2D eigenvalue weighted by Gasteiger charge is 2.62. The lowest BCUT2D eigenvalue weighted by Gasteiger charge is -2.37. The number of carbonyl (C=O) groups is 4. The van der Waals surface area contributed by atoms with Crippen LogP contribution in [0.1, 0.15) is 40.0 Å². The van der Waals surface area contributed by atoms with Crippen molar-refractivity contribution in [2.24, 2.45) is 17.8 Å². The lowest BCUT2D eigenvalue weighted by atomic mass is 9.76. The van der Waals surface area contributed by atoms with E-state index in [-0.39, 0.29) is 41.6 Å². The molecule has 0 aliphatic carbocycles. The molecule has 0 saturated carbocycles. The Kier molecular flexibility index (Phi) is 9.75. The Labute approximate surface area is 225 Å². The second-order valence-electron chi connectivity index (χ2n) is 10.0. The van der Waals surface area contributed by atoms with Gasteiger partial charge in [-0.1, -0.05) is 26.5 Å². The molecule has 0 amide bonds. The summed E-state index contributed by atoms with van der Waals surface area (Å²) in [6, 6.07) is 0. The third-order valence-electron chi connectivity index (χ3n) is 7.85. The van der Waals surface area contributed by atoms with Gasteiger partial charge in [0, 0.05) is 11.5 Å². The minimum Gasteiger partial charge on any atom is -0.457 e. The first-order chi connectivity index (χ1) is 18.0. The van der Waals surface area contributed by atoms with Crippen molar-refractivity contribution in [1.82, 2.24) is 0 Å². The van der Waals surface area contributed by atoms with E-state index in [0.29, 0.717) is 6.42 Å². The molecule has 0 aromatic carbocycles. The molecule has 3 saturated heterocycles. The second kappa shape index (κ2) is 12.3. The fourth-order valence-electron chi connectivity index (χ4n) is 5.16. The highest BCUT2D eigenvalue weighted by atomic mass is 35.5. The lowest BCUT2D eigenvalue weighted by Crippen LogP contribution is -2.54. The summed E-state index contributed by atoms with van der Waals surface area (Å²) < 4.78 is 22.3. The number of ether oxygens (including phenoxy) is 4. The van der Waals surface area contributed by atoms with Gasteiger partial charge in [-0.3, -0.25) is 9.59 Å². The molecule has 0 aromatic heterocycles. The number of aliphatic hydroxyl groups excluding tert-OH is 3. The molecule has 12 heteroatoms. The van der Waals surface area contributed by atoms with Gasteiger partial charge in [0.15, 0.2) is 5.78 Å². The maximum atomic E-state index is 13.4. The highest BCUT2D eigenvalue weighted by molar-refractivity contribution is 6.18. The van der Waals surface area contributed by atoms with E-state index in [1.165, 1.54) is 13.0 Å². The molecule has 3 aliphatic heterocycles. The monoisotopic (exact) mass is 558 g/mol. The van der Waals surface area contributed by atoms with Crippen molar-refractivity contribution < 1.29 is 53.4 Å². The number of hydrogen-bond donors (Lipinski definition) is 3. The SMILES string of the molecule is C=C1C(=O)OC2C1C(OC(=O)C(=CC)CO)C(O)C(C(=O)OCC(=O)C(C)CC)C1CCC(CCl)(O1)C2O.